The monoisotopic (exact) mass is 283 g/mol. The lowest BCUT2D eigenvalue weighted by Crippen LogP contribution is -2.26. The minimum absolute atomic E-state index is 0.181. The molecule has 1 saturated carbocycles. The van der Waals surface area contributed by atoms with Crippen molar-refractivity contribution in [2.45, 2.75) is 33.4 Å². The van der Waals surface area contributed by atoms with Crippen LogP contribution in [0.5, 0.6) is 0 Å². The average Bonchev–Trinajstić information content (AvgIpc) is 2.87. The number of nitrogens with one attached hydrogen (secondary N) is 1. The van der Waals surface area contributed by atoms with Gasteiger partial charge in [-0.05, 0) is 29.0 Å². The maximum Gasteiger partial charge on any atom is 0.223 e. The molecule has 0 unspecified atom stereocenters. The summed E-state index contributed by atoms with van der Waals surface area (Å²) in [5, 5.41) is 7.22. The number of benzene rings is 1. The molecule has 1 aromatic carbocycles. The lowest BCUT2D eigenvalue weighted by Gasteiger charge is -2.08. The number of aromatic nitrogens is 2. The normalized spacial score (nSPS) is 19.2. The zero-order valence-electron chi connectivity index (χ0n) is 12.5. The Bertz CT molecular complexity index is 614. The van der Waals surface area contributed by atoms with Gasteiger partial charge in [-0.25, -0.2) is 0 Å². The van der Waals surface area contributed by atoms with Gasteiger partial charge in [0.2, 0.25) is 5.91 Å². The zero-order valence-corrected chi connectivity index (χ0v) is 12.5. The highest BCUT2D eigenvalue weighted by Gasteiger charge is 2.50. The second-order valence-electron chi connectivity index (χ2n) is 6.48. The van der Waals surface area contributed by atoms with Gasteiger partial charge in [-0.2, -0.15) is 5.10 Å². The van der Waals surface area contributed by atoms with Gasteiger partial charge in [0.25, 0.3) is 0 Å². The maximum absolute atomic E-state index is 12.0. The van der Waals surface area contributed by atoms with Crippen LogP contribution >= 0.6 is 0 Å². The third-order valence-corrected chi connectivity index (χ3v) is 4.22. The highest BCUT2D eigenvalue weighted by Crippen LogP contribution is 2.51. The van der Waals surface area contributed by atoms with Crippen molar-refractivity contribution in [3.63, 3.8) is 0 Å². The second kappa shape index (κ2) is 5.35. The maximum atomic E-state index is 12.0. The fourth-order valence-electron chi connectivity index (χ4n) is 2.57. The van der Waals surface area contributed by atoms with Crippen LogP contribution in [0.1, 0.15) is 31.4 Å². The number of nitrogens with zero attached hydrogens (tertiary/aromatic N) is 2. The molecule has 1 aromatic heterocycles. The molecule has 1 aliphatic carbocycles. The number of carbonyl (C=O) groups is 1. The molecule has 0 saturated heterocycles. The predicted octanol–water partition coefficient (Wildman–Crippen LogP) is 2.59. The summed E-state index contributed by atoms with van der Waals surface area (Å²) in [7, 11) is 0. The molecule has 110 valence electrons. The van der Waals surface area contributed by atoms with E-state index in [1.807, 2.05) is 16.9 Å². The molecule has 1 atom stereocenters. The molecule has 0 bridgehead atoms. The fraction of sp³-hybridized carbons (Fsp3) is 0.412. The number of carbonyl (C=O) groups excluding carboxylic acids is 1. The number of hydrogen-bond donors (Lipinski definition) is 1. The van der Waals surface area contributed by atoms with Gasteiger partial charge in [-0.15, -0.1) is 0 Å². The van der Waals surface area contributed by atoms with Gasteiger partial charge in [-0.1, -0.05) is 38.1 Å². The Morgan fingerprint density at radius 1 is 1.33 bits per heavy atom. The molecule has 1 heterocycles. The van der Waals surface area contributed by atoms with E-state index in [-0.39, 0.29) is 17.2 Å². The summed E-state index contributed by atoms with van der Waals surface area (Å²) < 4.78 is 1.89. The van der Waals surface area contributed by atoms with Gasteiger partial charge in [0.1, 0.15) is 0 Å². The standard InChI is InChI=1S/C17H21N3O/c1-17(2)10-15(17)16(21)18-11-13-4-6-14(7-5-13)12-20-9-3-8-19-20/h3-9,15H,10-12H2,1-2H3,(H,18,21)/t15-/m1/s1. The molecule has 4 nitrogen and oxygen atoms in total. The molecule has 0 aliphatic heterocycles. The van der Waals surface area contributed by atoms with Crippen LogP contribution in [-0.2, 0) is 17.9 Å². The Hall–Kier alpha value is -2.10. The van der Waals surface area contributed by atoms with Crippen molar-refractivity contribution in [3.8, 4) is 0 Å². The van der Waals surface area contributed by atoms with Gasteiger partial charge in [-0.3, -0.25) is 9.48 Å². The smallest absolute Gasteiger partial charge is 0.223 e. The highest BCUT2D eigenvalue weighted by atomic mass is 16.2. The Labute approximate surface area is 125 Å². The molecule has 1 fully saturated rings. The SMILES string of the molecule is CC1(C)C[C@@H]1C(=O)NCc1ccc(Cn2cccn2)cc1. The summed E-state index contributed by atoms with van der Waals surface area (Å²) in [6.45, 7) is 5.66. The van der Waals surface area contributed by atoms with Gasteiger partial charge in [0.05, 0.1) is 6.54 Å². The fourth-order valence-corrected chi connectivity index (χ4v) is 2.57. The Morgan fingerprint density at radius 3 is 2.57 bits per heavy atom. The zero-order chi connectivity index (χ0) is 14.9. The van der Waals surface area contributed by atoms with E-state index >= 15 is 0 Å². The van der Waals surface area contributed by atoms with Crippen molar-refractivity contribution in [2.24, 2.45) is 11.3 Å². The van der Waals surface area contributed by atoms with E-state index in [1.54, 1.807) is 6.20 Å². The summed E-state index contributed by atoms with van der Waals surface area (Å²) in [5.74, 6) is 0.372. The van der Waals surface area contributed by atoms with Crippen molar-refractivity contribution in [1.82, 2.24) is 15.1 Å². The average molecular weight is 283 g/mol. The van der Waals surface area contributed by atoms with E-state index in [2.05, 4.69) is 48.5 Å². The van der Waals surface area contributed by atoms with Crippen LogP contribution in [0.4, 0.5) is 0 Å². The Morgan fingerprint density at radius 2 is 2.00 bits per heavy atom. The van der Waals surface area contributed by atoms with Gasteiger partial charge in [0.15, 0.2) is 0 Å². The third-order valence-electron chi connectivity index (χ3n) is 4.22. The summed E-state index contributed by atoms with van der Waals surface area (Å²) in [5.41, 5.74) is 2.53. The first-order valence-corrected chi connectivity index (χ1v) is 7.37. The molecule has 0 radical (unpaired) electrons. The minimum atomic E-state index is 0.181. The summed E-state index contributed by atoms with van der Waals surface area (Å²) >= 11 is 0. The highest BCUT2D eigenvalue weighted by molar-refractivity contribution is 5.82. The lowest BCUT2D eigenvalue weighted by molar-refractivity contribution is -0.123. The molecule has 0 spiro atoms. The van der Waals surface area contributed by atoms with Crippen LogP contribution in [0.2, 0.25) is 0 Å². The number of hydrogen-bond acceptors (Lipinski definition) is 2. The molecular formula is C17H21N3O. The van der Waals surface area contributed by atoms with Crippen LogP contribution in [0.25, 0.3) is 0 Å². The Balaban J connectivity index is 1.51. The predicted molar refractivity (Wildman–Crippen MR) is 81.5 cm³/mol. The first kappa shape index (κ1) is 13.9. The van der Waals surface area contributed by atoms with Crippen molar-refractivity contribution in [3.05, 3.63) is 53.9 Å². The molecule has 4 heteroatoms. The summed E-state index contributed by atoms with van der Waals surface area (Å²) in [4.78, 5) is 12.0. The van der Waals surface area contributed by atoms with Gasteiger partial charge >= 0.3 is 0 Å². The lowest BCUT2D eigenvalue weighted by atomic mass is 10.1. The van der Waals surface area contributed by atoms with Gasteiger partial charge in [0, 0.05) is 24.9 Å². The minimum Gasteiger partial charge on any atom is -0.352 e. The van der Waals surface area contributed by atoms with Crippen molar-refractivity contribution >= 4 is 5.91 Å². The van der Waals surface area contributed by atoms with Crippen molar-refractivity contribution < 1.29 is 4.79 Å². The Kier molecular flexibility index (Phi) is 3.53. The van der Waals surface area contributed by atoms with E-state index in [0.717, 1.165) is 18.5 Å². The molecule has 1 amide bonds. The largest absolute Gasteiger partial charge is 0.352 e. The van der Waals surface area contributed by atoms with Crippen LogP contribution in [0.3, 0.4) is 0 Å². The number of amides is 1. The van der Waals surface area contributed by atoms with E-state index in [0.29, 0.717) is 6.54 Å². The third kappa shape index (κ3) is 3.32. The molecule has 21 heavy (non-hydrogen) atoms. The molecule has 1 N–H and O–H groups in total. The molecule has 3 rings (SSSR count). The second-order valence-corrected chi connectivity index (χ2v) is 6.48. The first-order chi connectivity index (χ1) is 10.0. The van der Waals surface area contributed by atoms with Crippen LogP contribution in [0, 0.1) is 11.3 Å². The molecule has 1 aliphatic rings. The van der Waals surface area contributed by atoms with Crippen LogP contribution < -0.4 is 5.32 Å². The van der Waals surface area contributed by atoms with E-state index in [4.69, 9.17) is 0 Å². The van der Waals surface area contributed by atoms with Crippen molar-refractivity contribution in [2.75, 3.05) is 0 Å². The topological polar surface area (TPSA) is 46.9 Å². The van der Waals surface area contributed by atoms with Crippen LogP contribution in [-0.4, -0.2) is 15.7 Å². The van der Waals surface area contributed by atoms with E-state index in [1.165, 1.54) is 5.56 Å². The van der Waals surface area contributed by atoms with Crippen LogP contribution in [0.15, 0.2) is 42.7 Å². The molecular weight excluding hydrogens is 262 g/mol. The summed E-state index contributed by atoms with van der Waals surface area (Å²) in [6.07, 6.45) is 4.73. The van der Waals surface area contributed by atoms with Crippen molar-refractivity contribution in [1.29, 1.82) is 0 Å². The molecule has 2 aromatic rings. The first-order valence-electron chi connectivity index (χ1n) is 7.37. The van der Waals surface area contributed by atoms with E-state index in [9.17, 15) is 4.79 Å². The van der Waals surface area contributed by atoms with Gasteiger partial charge < -0.3 is 5.32 Å². The van der Waals surface area contributed by atoms with E-state index < -0.39 is 0 Å². The number of rotatable bonds is 5. The summed E-state index contributed by atoms with van der Waals surface area (Å²) in [6, 6.07) is 10.2. The quantitative estimate of drug-likeness (QED) is 0.917.